The topological polar surface area (TPSA) is 86.7 Å². The van der Waals surface area contributed by atoms with E-state index in [1.54, 1.807) is 4.90 Å². The average molecular weight is 282 g/mol. The van der Waals surface area contributed by atoms with Crippen molar-refractivity contribution >= 4 is 17.8 Å². The second-order valence-electron chi connectivity index (χ2n) is 5.74. The molecule has 6 heteroatoms. The Hall–Kier alpha value is -1.59. The quantitative estimate of drug-likeness (QED) is 0.797. The van der Waals surface area contributed by atoms with Gasteiger partial charge in [0.05, 0.1) is 0 Å². The molecule has 2 amide bonds. The lowest BCUT2D eigenvalue weighted by molar-refractivity contribution is -0.149. The van der Waals surface area contributed by atoms with E-state index in [1.165, 1.54) is 6.92 Å². The molecule has 2 fully saturated rings. The number of aliphatic carboxylic acids is 1. The third-order valence-electron chi connectivity index (χ3n) is 4.37. The Morgan fingerprint density at radius 1 is 1.25 bits per heavy atom. The molecule has 1 aliphatic carbocycles. The molecular formula is C14H22N2O4. The van der Waals surface area contributed by atoms with Gasteiger partial charge in [-0.1, -0.05) is 12.8 Å². The predicted octanol–water partition coefficient (Wildman–Crippen LogP) is 0.757. The Kier molecular flexibility index (Phi) is 4.62. The van der Waals surface area contributed by atoms with Crippen LogP contribution < -0.4 is 5.32 Å². The van der Waals surface area contributed by atoms with Crippen LogP contribution in [0, 0.1) is 5.92 Å². The molecule has 2 aliphatic rings. The van der Waals surface area contributed by atoms with Crippen molar-refractivity contribution in [2.75, 3.05) is 6.54 Å². The van der Waals surface area contributed by atoms with Crippen molar-refractivity contribution in [1.29, 1.82) is 0 Å². The monoisotopic (exact) mass is 282 g/mol. The van der Waals surface area contributed by atoms with Crippen LogP contribution in [0.1, 0.15) is 45.4 Å². The van der Waals surface area contributed by atoms with E-state index >= 15 is 0 Å². The van der Waals surface area contributed by atoms with Gasteiger partial charge in [-0.25, -0.2) is 4.79 Å². The summed E-state index contributed by atoms with van der Waals surface area (Å²) in [4.78, 5) is 36.1. The molecule has 3 atom stereocenters. The molecule has 1 aliphatic heterocycles. The molecule has 1 saturated carbocycles. The number of nitrogens with one attached hydrogen (secondary N) is 1. The van der Waals surface area contributed by atoms with E-state index < -0.39 is 12.0 Å². The van der Waals surface area contributed by atoms with Gasteiger partial charge < -0.3 is 15.3 Å². The SMILES string of the molecule is CC(=O)NCCC(=O)N1C(C(=O)O)CC2CCCCC21. The van der Waals surface area contributed by atoms with Gasteiger partial charge >= 0.3 is 5.97 Å². The van der Waals surface area contributed by atoms with Crippen molar-refractivity contribution in [3.8, 4) is 0 Å². The molecule has 0 aromatic heterocycles. The number of carboxylic acid groups (broad SMARTS) is 1. The number of hydrogen-bond donors (Lipinski definition) is 2. The van der Waals surface area contributed by atoms with Gasteiger partial charge in [0.15, 0.2) is 0 Å². The van der Waals surface area contributed by atoms with Gasteiger partial charge in [0, 0.05) is 25.9 Å². The van der Waals surface area contributed by atoms with Crippen LogP contribution in [0.25, 0.3) is 0 Å². The number of hydrogen-bond acceptors (Lipinski definition) is 3. The number of rotatable bonds is 4. The summed E-state index contributed by atoms with van der Waals surface area (Å²) >= 11 is 0. The summed E-state index contributed by atoms with van der Waals surface area (Å²) < 4.78 is 0. The van der Waals surface area contributed by atoms with E-state index in [0.717, 1.165) is 25.7 Å². The lowest BCUT2D eigenvalue weighted by atomic mass is 9.84. The molecule has 2 N–H and O–H groups in total. The number of fused-ring (bicyclic) bond motifs is 1. The summed E-state index contributed by atoms with van der Waals surface area (Å²) in [6, 6.07) is -0.609. The molecule has 0 radical (unpaired) electrons. The summed E-state index contributed by atoms with van der Waals surface area (Å²) in [6.45, 7) is 1.67. The average Bonchev–Trinajstić information content (AvgIpc) is 2.77. The van der Waals surface area contributed by atoms with Crippen LogP contribution in [0.15, 0.2) is 0 Å². The van der Waals surface area contributed by atoms with Gasteiger partial charge in [0.2, 0.25) is 11.8 Å². The number of nitrogens with zero attached hydrogens (tertiary/aromatic N) is 1. The number of amides is 2. The number of carbonyl (C=O) groups is 3. The van der Waals surface area contributed by atoms with E-state index in [9.17, 15) is 19.5 Å². The number of carbonyl (C=O) groups excluding carboxylic acids is 2. The van der Waals surface area contributed by atoms with Crippen molar-refractivity contribution in [3.63, 3.8) is 0 Å². The van der Waals surface area contributed by atoms with E-state index in [4.69, 9.17) is 0 Å². The fourth-order valence-corrected chi connectivity index (χ4v) is 3.51. The standard InChI is InChI=1S/C14H22N2O4/c1-9(17)15-7-6-13(18)16-11-5-3-2-4-10(11)8-12(16)14(19)20/h10-12H,2-8H2,1H3,(H,15,17)(H,19,20). The predicted molar refractivity (Wildman–Crippen MR) is 71.9 cm³/mol. The van der Waals surface area contributed by atoms with E-state index in [-0.39, 0.29) is 30.8 Å². The molecule has 0 spiro atoms. The number of likely N-dealkylation sites (tertiary alicyclic amines) is 1. The van der Waals surface area contributed by atoms with Gasteiger partial charge in [-0.05, 0) is 25.2 Å². The largest absolute Gasteiger partial charge is 0.480 e. The second-order valence-corrected chi connectivity index (χ2v) is 5.74. The highest BCUT2D eigenvalue weighted by Gasteiger charge is 2.47. The maximum atomic E-state index is 12.3. The number of carboxylic acids is 1. The Labute approximate surface area is 118 Å². The van der Waals surface area contributed by atoms with Crippen LogP contribution in [0.2, 0.25) is 0 Å². The molecule has 2 rings (SSSR count). The molecule has 0 aromatic rings. The first-order chi connectivity index (χ1) is 9.50. The normalized spacial score (nSPS) is 28.9. The van der Waals surface area contributed by atoms with Crippen molar-refractivity contribution < 1.29 is 19.5 Å². The van der Waals surface area contributed by atoms with E-state index in [0.29, 0.717) is 12.3 Å². The highest BCUT2D eigenvalue weighted by molar-refractivity contribution is 5.85. The van der Waals surface area contributed by atoms with Crippen LogP contribution in [0.4, 0.5) is 0 Å². The van der Waals surface area contributed by atoms with Gasteiger partial charge in [-0.3, -0.25) is 9.59 Å². The van der Waals surface area contributed by atoms with E-state index in [2.05, 4.69) is 5.32 Å². The molecule has 1 saturated heterocycles. The first kappa shape index (κ1) is 14.8. The minimum Gasteiger partial charge on any atom is -0.480 e. The lowest BCUT2D eigenvalue weighted by Crippen LogP contribution is -2.47. The fourth-order valence-electron chi connectivity index (χ4n) is 3.51. The summed E-state index contributed by atoms with van der Waals surface area (Å²) in [6.07, 6.45) is 4.85. The minimum atomic E-state index is -0.910. The maximum absolute atomic E-state index is 12.3. The second kappa shape index (κ2) is 6.24. The highest BCUT2D eigenvalue weighted by Crippen LogP contribution is 2.40. The zero-order valence-corrected chi connectivity index (χ0v) is 11.8. The third kappa shape index (κ3) is 3.11. The molecule has 6 nitrogen and oxygen atoms in total. The molecule has 112 valence electrons. The molecule has 0 aromatic carbocycles. The smallest absolute Gasteiger partial charge is 0.326 e. The van der Waals surface area contributed by atoms with Crippen LogP contribution >= 0.6 is 0 Å². The van der Waals surface area contributed by atoms with Gasteiger partial charge in [0.1, 0.15) is 6.04 Å². The molecule has 3 unspecified atom stereocenters. The van der Waals surface area contributed by atoms with Crippen LogP contribution in [0.5, 0.6) is 0 Å². The zero-order valence-electron chi connectivity index (χ0n) is 11.8. The van der Waals surface area contributed by atoms with Crippen molar-refractivity contribution in [2.24, 2.45) is 5.92 Å². The summed E-state index contributed by atoms with van der Waals surface area (Å²) in [5.41, 5.74) is 0. The molecule has 20 heavy (non-hydrogen) atoms. The zero-order chi connectivity index (χ0) is 14.7. The minimum absolute atomic E-state index is 0.0784. The van der Waals surface area contributed by atoms with Crippen LogP contribution in [-0.4, -0.2) is 46.4 Å². The first-order valence-electron chi connectivity index (χ1n) is 7.29. The van der Waals surface area contributed by atoms with Gasteiger partial charge in [-0.2, -0.15) is 0 Å². The maximum Gasteiger partial charge on any atom is 0.326 e. The van der Waals surface area contributed by atoms with Crippen LogP contribution in [0.3, 0.4) is 0 Å². The summed E-state index contributed by atoms with van der Waals surface area (Å²) in [7, 11) is 0. The van der Waals surface area contributed by atoms with Crippen molar-refractivity contribution in [3.05, 3.63) is 0 Å². The Bertz CT molecular complexity index is 410. The molecular weight excluding hydrogens is 260 g/mol. The highest BCUT2D eigenvalue weighted by atomic mass is 16.4. The lowest BCUT2D eigenvalue weighted by Gasteiger charge is -2.33. The Morgan fingerprint density at radius 2 is 1.95 bits per heavy atom. The van der Waals surface area contributed by atoms with Crippen molar-refractivity contribution in [2.45, 2.75) is 57.5 Å². The van der Waals surface area contributed by atoms with Crippen molar-refractivity contribution in [1.82, 2.24) is 10.2 Å². The first-order valence-corrected chi connectivity index (χ1v) is 7.29. The Balaban J connectivity index is 2.02. The Morgan fingerprint density at radius 3 is 2.60 bits per heavy atom. The third-order valence-corrected chi connectivity index (χ3v) is 4.37. The fraction of sp³-hybridized carbons (Fsp3) is 0.786. The summed E-state index contributed by atoms with van der Waals surface area (Å²) in [5.74, 6) is -0.910. The van der Waals surface area contributed by atoms with Gasteiger partial charge in [-0.15, -0.1) is 0 Å². The van der Waals surface area contributed by atoms with E-state index in [1.807, 2.05) is 0 Å². The summed E-state index contributed by atoms with van der Waals surface area (Å²) in [5, 5.41) is 11.9. The van der Waals surface area contributed by atoms with Crippen LogP contribution in [-0.2, 0) is 14.4 Å². The van der Waals surface area contributed by atoms with Gasteiger partial charge in [0.25, 0.3) is 0 Å². The molecule has 0 bridgehead atoms. The molecule has 1 heterocycles.